The van der Waals surface area contributed by atoms with Crippen molar-refractivity contribution in [1.82, 2.24) is 4.90 Å². The molecule has 0 radical (unpaired) electrons. The molecule has 4 heteroatoms. The van der Waals surface area contributed by atoms with Crippen LogP contribution in [0.1, 0.15) is 30.1 Å². The smallest absolute Gasteiger partial charge is 0.253 e. The molecule has 0 spiro atoms. The van der Waals surface area contributed by atoms with Crippen molar-refractivity contribution in [2.45, 2.75) is 19.8 Å². The molecular formula is C13H17ClINO. The molecule has 1 aromatic rings. The molecule has 94 valence electrons. The highest BCUT2D eigenvalue weighted by Crippen LogP contribution is 2.11. The second-order valence-electron chi connectivity index (χ2n) is 3.85. The number of nitrogens with zero attached hydrogens (tertiary/aromatic N) is 1. The van der Waals surface area contributed by atoms with Crippen LogP contribution in [0.4, 0.5) is 0 Å². The van der Waals surface area contributed by atoms with Gasteiger partial charge in [0.05, 0.1) is 0 Å². The molecule has 0 N–H and O–H groups in total. The van der Waals surface area contributed by atoms with Gasteiger partial charge in [-0.15, -0.1) is 11.6 Å². The monoisotopic (exact) mass is 365 g/mol. The first-order valence-electron chi connectivity index (χ1n) is 5.79. The van der Waals surface area contributed by atoms with Crippen LogP contribution in [0, 0.1) is 3.57 Å². The molecule has 0 aliphatic carbocycles. The summed E-state index contributed by atoms with van der Waals surface area (Å²) in [5.41, 5.74) is 0.748. The lowest BCUT2D eigenvalue weighted by Crippen LogP contribution is -2.33. The quantitative estimate of drug-likeness (QED) is 0.555. The Morgan fingerprint density at radius 3 is 2.76 bits per heavy atom. The summed E-state index contributed by atoms with van der Waals surface area (Å²) >= 11 is 7.96. The Balaban J connectivity index is 2.76. The molecule has 17 heavy (non-hydrogen) atoms. The number of amides is 1. The molecule has 0 heterocycles. The van der Waals surface area contributed by atoms with Crippen LogP contribution in [0.25, 0.3) is 0 Å². The Labute approximate surface area is 121 Å². The first-order valence-corrected chi connectivity index (χ1v) is 7.41. The van der Waals surface area contributed by atoms with Gasteiger partial charge in [-0.25, -0.2) is 0 Å². The first-order chi connectivity index (χ1) is 8.19. The maximum atomic E-state index is 12.3. The summed E-state index contributed by atoms with van der Waals surface area (Å²) in [4.78, 5) is 14.1. The number of hydrogen-bond donors (Lipinski definition) is 0. The zero-order valence-corrected chi connectivity index (χ0v) is 12.9. The lowest BCUT2D eigenvalue weighted by Gasteiger charge is -2.21. The number of unbranched alkanes of at least 4 members (excludes halogenated alkanes) is 1. The molecule has 0 unspecified atom stereocenters. The third kappa shape index (κ3) is 4.84. The van der Waals surface area contributed by atoms with Gasteiger partial charge in [0.25, 0.3) is 5.91 Å². The molecule has 0 saturated carbocycles. The zero-order valence-electron chi connectivity index (χ0n) is 9.96. The molecule has 0 aliphatic heterocycles. The van der Waals surface area contributed by atoms with Gasteiger partial charge < -0.3 is 4.90 Å². The van der Waals surface area contributed by atoms with Gasteiger partial charge in [-0.2, -0.15) is 0 Å². The molecule has 0 atom stereocenters. The Morgan fingerprint density at radius 1 is 1.41 bits per heavy atom. The van der Waals surface area contributed by atoms with Crippen LogP contribution in [0.15, 0.2) is 24.3 Å². The van der Waals surface area contributed by atoms with Gasteiger partial charge in [0.2, 0.25) is 0 Å². The summed E-state index contributed by atoms with van der Waals surface area (Å²) < 4.78 is 1.08. The summed E-state index contributed by atoms with van der Waals surface area (Å²) in [7, 11) is 0. The van der Waals surface area contributed by atoms with Crippen LogP contribution in [0.5, 0.6) is 0 Å². The van der Waals surface area contributed by atoms with E-state index in [1.54, 1.807) is 0 Å². The van der Waals surface area contributed by atoms with Crippen molar-refractivity contribution in [2.24, 2.45) is 0 Å². The second kappa shape index (κ2) is 7.93. The molecule has 1 amide bonds. The fourth-order valence-electron chi connectivity index (χ4n) is 1.57. The first kappa shape index (κ1) is 14.8. The lowest BCUT2D eigenvalue weighted by atomic mass is 10.2. The van der Waals surface area contributed by atoms with Gasteiger partial charge in [-0.05, 0) is 47.2 Å². The van der Waals surface area contributed by atoms with Gasteiger partial charge in [-0.3, -0.25) is 4.79 Å². The maximum Gasteiger partial charge on any atom is 0.253 e. The van der Waals surface area contributed by atoms with Gasteiger partial charge >= 0.3 is 0 Å². The van der Waals surface area contributed by atoms with E-state index in [9.17, 15) is 4.79 Å². The minimum Gasteiger partial charge on any atom is -0.337 e. The van der Waals surface area contributed by atoms with Crippen LogP contribution < -0.4 is 0 Å². The minimum absolute atomic E-state index is 0.0811. The number of halogens is 2. The normalized spacial score (nSPS) is 10.3. The summed E-state index contributed by atoms with van der Waals surface area (Å²) in [5, 5.41) is 0. The van der Waals surface area contributed by atoms with E-state index < -0.39 is 0 Å². The molecule has 0 aromatic heterocycles. The second-order valence-corrected chi connectivity index (χ2v) is 5.47. The zero-order chi connectivity index (χ0) is 12.7. The van der Waals surface area contributed by atoms with Gasteiger partial charge in [0.15, 0.2) is 0 Å². The Kier molecular flexibility index (Phi) is 6.89. The minimum atomic E-state index is 0.0811. The largest absolute Gasteiger partial charge is 0.337 e. The Bertz CT molecular complexity index is 370. The highest BCUT2D eigenvalue weighted by atomic mass is 127. The van der Waals surface area contributed by atoms with Crippen LogP contribution in [-0.2, 0) is 0 Å². The molecule has 1 rings (SSSR count). The third-order valence-corrected chi connectivity index (χ3v) is 3.33. The van der Waals surface area contributed by atoms with Gasteiger partial charge in [0.1, 0.15) is 0 Å². The molecular weight excluding hydrogens is 349 g/mol. The van der Waals surface area contributed by atoms with E-state index in [0.717, 1.165) is 28.5 Å². The van der Waals surface area contributed by atoms with Crippen molar-refractivity contribution in [3.05, 3.63) is 33.4 Å². The molecule has 0 aliphatic rings. The topological polar surface area (TPSA) is 20.3 Å². The van der Waals surface area contributed by atoms with E-state index in [0.29, 0.717) is 12.4 Å². The number of alkyl halides is 1. The molecule has 1 aromatic carbocycles. The number of rotatable bonds is 6. The van der Waals surface area contributed by atoms with E-state index in [1.807, 2.05) is 29.2 Å². The fraction of sp³-hybridized carbons (Fsp3) is 0.462. The predicted molar refractivity (Wildman–Crippen MR) is 80.7 cm³/mol. The van der Waals surface area contributed by atoms with E-state index in [4.69, 9.17) is 11.6 Å². The highest BCUT2D eigenvalue weighted by molar-refractivity contribution is 14.1. The summed E-state index contributed by atoms with van der Waals surface area (Å²) in [6.07, 6.45) is 2.10. The van der Waals surface area contributed by atoms with Crippen molar-refractivity contribution < 1.29 is 4.79 Å². The molecule has 2 nitrogen and oxygen atoms in total. The Hall–Kier alpha value is -0.290. The van der Waals surface area contributed by atoms with E-state index in [1.165, 1.54) is 0 Å². The van der Waals surface area contributed by atoms with E-state index in [2.05, 4.69) is 29.5 Å². The highest BCUT2D eigenvalue weighted by Gasteiger charge is 2.14. The van der Waals surface area contributed by atoms with Crippen molar-refractivity contribution in [3.63, 3.8) is 0 Å². The summed E-state index contributed by atoms with van der Waals surface area (Å²) in [6, 6.07) is 7.66. The fourth-order valence-corrected chi connectivity index (χ4v) is 2.32. The number of benzene rings is 1. The van der Waals surface area contributed by atoms with E-state index in [-0.39, 0.29) is 5.91 Å². The van der Waals surface area contributed by atoms with Gasteiger partial charge in [-0.1, -0.05) is 19.4 Å². The average molecular weight is 366 g/mol. The van der Waals surface area contributed by atoms with Gasteiger partial charge in [0, 0.05) is 28.1 Å². The summed E-state index contributed by atoms with van der Waals surface area (Å²) in [6.45, 7) is 3.52. The molecule has 0 bridgehead atoms. The van der Waals surface area contributed by atoms with Crippen molar-refractivity contribution >= 4 is 40.1 Å². The van der Waals surface area contributed by atoms with Crippen molar-refractivity contribution in [1.29, 1.82) is 0 Å². The van der Waals surface area contributed by atoms with Crippen molar-refractivity contribution in [2.75, 3.05) is 19.0 Å². The van der Waals surface area contributed by atoms with Crippen LogP contribution in [0.3, 0.4) is 0 Å². The Morgan fingerprint density at radius 2 is 2.18 bits per heavy atom. The van der Waals surface area contributed by atoms with Crippen molar-refractivity contribution in [3.8, 4) is 0 Å². The lowest BCUT2D eigenvalue weighted by molar-refractivity contribution is 0.0763. The summed E-state index contributed by atoms with van der Waals surface area (Å²) in [5.74, 6) is 0.567. The SMILES string of the molecule is CCCCN(CCCl)C(=O)c1cccc(I)c1. The number of carbonyl (C=O) groups is 1. The molecule has 0 fully saturated rings. The van der Waals surface area contributed by atoms with Crippen LogP contribution >= 0.6 is 34.2 Å². The van der Waals surface area contributed by atoms with Crippen LogP contribution in [-0.4, -0.2) is 29.8 Å². The predicted octanol–water partition coefficient (Wildman–Crippen LogP) is 3.77. The van der Waals surface area contributed by atoms with Crippen LogP contribution in [0.2, 0.25) is 0 Å². The average Bonchev–Trinajstić information content (AvgIpc) is 2.33. The third-order valence-electron chi connectivity index (χ3n) is 2.49. The standard InChI is InChI=1S/C13H17ClINO/c1-2-3-8-16(9-7-14)13(17)11-5-4-6-12(15)10-11/h4-6,10H,2-3,7-9H2,1H3. The number of hydrogen-bond acceptors (Lipinski definition) is 1. The van der Waals surface area contributed by atoms with E-state index >= 15 is 0 Å². The maximum absolute atomic E-state index is 12.3. The molecule has 0 saturated heterocycles. The number of carbonyl (C=O) groups excluding carboxylic acids is 1.